The molecule has 0 saturated heterocycles. The summed E-state index contributed by atoms with van der Waals surface area (Å²) in [7, 11) is 1.32. The predicted molar refractivity (Wildman–Crippen MR) is 96.1 cm³/mol. The quantitative estimate of drug-likeness (QED) is 0.475. The first-order chi connectivity index (χ1) is 12.2. The van der Waals surface area contributed by atoms with Gasteiger partial charge in [0.25, 0.3) is 0 Å². The van der Waals surface area contributed by atoms with Crippen LogP contribution in [-0.2, 0) is 9.47 Å². The molecule has 0 aliphatic rings. The number of halogens is 3. The summed E-state index contributed by atoms with van der Waals surface area (Å²) in [5.74, 6) is -4.04. The molecule has 2 atom stereocenters. The van der Waals surface area contributed by atoms with Gasteiger partial charge in [-0.2, -0.15) is 4.39 Å². The summed E-state index contributed by atoms with van der Waals surface area (Å²) in [6.45, 7) is 11.0. The molecule has 0 saturated carbocycles. The van der Waals surface area contributed by atoms with Crippen LogP contribution in [0.5, 0.6) is 5.75 Å². The lowest BCUT2D eigenvalue weighted by molar-refractivity contribution is 0.0811. The Kier molecular flexibility index (Phi) is 8.19. The highest BCUT2D eigenvalue weighted by atomic mass is 19.2. The zero-order valence-electron chi connectivity index (χ0n) is 15.1. The lowest BCUT2D eigenvalue weighted by Crippen LogP contribution is -2.13. The highest BCUT2D eigenvalue weighted by molar-refractivity contribution is 5.52. The van der Waals surface area contributed by atoms with Crippen LogP contribution in [0.4, 0.5) is 13.2 Å². The highest BCUT2D eigenvalue weighted by Gasteiger charge is 2.12. The minimum atomic E-state index is -1.29. The van der Waals surface area contributed by atoms with E-state index >= 15 is 0 Å². The van der Waals surface area contributed by atoms with Crippen molar-refractivity contribution >= 4 is 6.08 Å². The first-order valence-electron chi connectivity index (χ1n) is 7.93. The second kappa shape index (κ2) is 9.87. The summed E-state index contributed by atoms with van der Waals surface area (Å²) in [5.41, 5.74) is 0.500. The molecule has 0 amide bonds. The van der Waals surface area contributed by atoms with E-state index in [0.29, 0.717) is 5.57 Å². The Hall–Kier alpha value is -2.47. The monoisotopic (exact) mass is 368 g/mol. The van der Waals surface area contributed by atoms with Crippen molar-refractivity contribution in [2.75, 3.05) is 13.7 Å². The Morgan fingerprint density at radius 3 is 2.50 bits per heavy atom. The van der Waals surface area contributed by atoms with Crippen LogP contribution in [0.2, 0.25) is 0 Å². The summed E-state index contributed by atoms with van der Waals surface area (Å²) < 4.78 is 50.9. The van der Waals surface area contributed by atoms with Crippen molar-refractivity contribution in [3.05, 3.63) is 71.8 Å². The van der Waals surface area contributed by atoms with E-state index in [2.05, 4.69) is 13.2 Å². The molecule has 2 unspecified atom stereocenters. The molecule has 3 nitrogen and oxygen atoms in total. The van der Waals surface area contributed by atoms with Gasteiger partial charge >= 0.3 is 0 Å². The average Bonchev–Trinajstić information content (AvgIpc) is 2.62. The minimum Gasteiger partial charge on any atom is -0.505 e. The van der Waals surface area contributed by atoms with Crippen molar-refractivity contribution in [1.82, 2.24) is 0 Å². The molecule has 1 rings (SSSR count). The summed E-state index contributed by atoms with van der Waals surface area (Å²) in [4.78, 5) is 0. The van der Waals surface area contributed by atoms with Gasteiger partial charge in [-0.05, 0) is 30.7 Å². The molecule has 142 valence electrons. The van der Waals surface area contributed by atoms with Gasteiger partial charge in [-0.3, -0.25) is 0 Å². The fraction of sp³-hybridized carbons (Fsp3) is 0.300. The average molecular weight is 368 g/mol. The van der Waals surface area contributed by atoms with E-state index in [1.54, 1.807) is 13.0 Å². The molecule has 0 aliphatic heterocycles. The number of phenolic OH excluding ortho intramolecular Hbond substituents is 1. The maximum atomic E-state index is 13.7. The molecule has 0 spiro atoms. The minimum absolute atomic E-state index is 0.00343. The first-order valence-corrected chi connectivity index (χ1v) is 7.93. The van der Waals surface area contributed by atoms with E-state index < -0.39 is 29.3 Å². The van der Waals surface area contributed by atoms with E-state index in [-0.39, 0.29) is 23.8 Å². The summed E-state index contributed by atoms with van der Waals surface area (Å²) in [6.07, 6.45) is 3.75. The third-order valence-corrected chi connectivity index (χ3v) is 3.71. The molecule has 6 heteroatoms. The Morgan fingerprint density at radius 2 is 1.88 bits per heavy atom. The molecule has 0 aliphatic carbocycles. The van der Waals surface area contributed by atoms with Gasteiger partial charge in [-0.25, -0.2) is 8.78 Å². The van der Waals surface area contributed by atoms with Gasteiger partial charge in [0.05, 0.1) is 19.8 Å². The largest absolute Gasteiger partial charge is 0.505 e. The number of aromatic hydroxyl groups is 1. The fourth-order valence-electron chi connectivity index (χ4n) is 1.86. The van der Waals surface area contributed by atoms with Gasteiger partial charge < -0.3 is 14.6 Å². The molecule has 0 heterocycles. The third-order valence-electron chi connectivity index (χ3n) is 3.71. The van der Waals surface area contributed by atoms with Gasteiger partial charge in [0.1, 0.15) is 5.76 Å². The summed E-state index contributed by atoms with van der Waals surface area (Å²) >= 11 is 0. The van der Waals surface area contributed by atoms with Gasteiger partial charge in [0.15, 0.2) is 17.4 Å². The molecule has 0 bridgehead atoms. The van der Waals surface area contributed by atoms with E-state index in [1.165, 1.54) is 25.3 Å². The van der Waals surface area contributed by atoms with Crippen molar-refractivity contribution in [3.63, 3.8) is 0 Å². The Balaban J connectivity index is 2.61. The first kappa shape index (κ1) is 21.6. The van der Waals surface area contributed by atoms with Crippen molar-refractivity contribution in [1.29, 1.82) is 0 Å². The normalized spacial score (nSPS) is 14.3. The maximum Gasteiger partial charge on any atom is 0.200 e. The lowest BCUT2D eigenvalue weighted by Gasteiger charge is -2.15. The van der Waals surface area contributed by atoms with Crippen LogP contribution in [0.15, 0.2) is 54.6 Å². The van der Waals surface area contributed by atoms with Crippen molar-refractivity contribution in [2.45, 2.75) is 20.0 Å². The predicted octanol–water partition coefficient (Wildman–Crippen LogP) is 5.29. The number of phenols is 1. The van der Waals surface area contributed by atoms with Crippen molar-refractivity contribution in [3.8, 4) is 5.75 Å². The molecular weight excluding hydrogens is 345 g/mol. The number of rotatable bonds is 9. The van der Waals surface area contributed by atoms with Crippen LogP contribution in [0.3, 0.4) is 0 Å². The Bertz CT molecular complexity index is 723. The van der Waals surface area contributed by atoms with Crippen LogP contribution >= 0.6 is 0 Å². The van der Waals surface area contributed by atoms with Crippen LogP contribution < -0.4 is 0 Å². The molecule has 0 fully saturated rings. The van der Waals surface area contributed by atoms with E-state index in [4.69, 9.17) is 14.6 Å². The molecule has 1 N–H and O–H groups in total. The zero-order valence-corrected chi connectivity index (χ0v) is 15.1. The standard InChI is InChI=1S/C20H23F3O3/c1-12(10-17(21)15(4)25-5)13(2)11-26-14(3)6-7-16-8-9-18(24)20(23)19(16)22/h6-10,13-14,24H,1,4,11H2,2-3,5H3/b7-6+,17-10+. The van der Waals surface area contributed by atoms with E-state index in [9.17, 15) is 13.2 Å². The van der Waals surface area contributed by atoms with Crippen LogP contribution in [0.25, 0.3) is 6.08 Å². The van der Waals surface area contributed by atoms with Gasteiger partial charge in [0.2, 0.25) is 5.82 Å². The maximum absolute atomic E-state index is 13.7. The topological polar surface area (TPSA) is 38.7 Å². The summed E-state index contributed by atoms with van der Waals surface area (Å²) in [6, 6.07) is 2.34. The molecule has 0 aromatic heterocycles. The van der Waals surface area contributed by atoms with Gasteiger partial charge in [-0.1, -0.05) is 32.2 Å². The number of allylic oxidation sites excluding steroid dienone is 2. The number of benzene rings is 1. The molecule has 0 radical (unpaired) electrons. The van der Waals surface area contributed by atoms with Crippen LogP contribution in [0, 0.1) is 17.6 Å². The second-order valence-electron chi connectivity index (χ2n) is 5.79. The van der Waals surface area contributed by atoms with Crippen LogP contribution in [-0.4, -0.2) is 24.9 Å². The van der Waals surface area contributed by atoms with Crippen molar-refractivity contribution < 1.29 is 27.8 Å². The number of hydrogen-bond acceptors (Lipinski definition) is 3. The number of methoxy groups -OCH3 is 1. The molecule has 1 aromatic carbocycles. The third kappa shape index (κ3) is 6.11. The highest BCUT2D eigenvalue weighted by Crippen LogP contribution is 2.22. The number of hydrogen-bond donors (Lipinski definition) is 1. The van der Waals surface area contributed by atoms with E-state index in [0.717, 1.165) is 6.07 Å². The van der Waals surface area contributed by atoms with Gasteiger partial charge in [0, 0.05) is 11.5 Å². The Morgan fingerprint density at radius 1 is 1.23 bits per heavy atom. The zero-order chi connectivity index (χ0) is 19.9. The van der Waals surface area contributed by atoms with Gasteiger partial charge in [-0.15, -0.1) is 0 Å². The summed E-state index contributed by atoms with van der Waals surface area (Å²) in [5, 5.41) is 9.09. The number of ether oxygens (including phenoxy) is 2. The van der Waals surface area contributed by atoms with E-state index in [1.807, 2.05) is 6.92 Å². The van der Waals surface area contributed by atoms with Crippen molar-refractivity contribution in [2.24, 2.45) is 5.92 Å². The Labute approximate surface area is 151 Å². The molecule has 1 aromatic rings. The lowest BCUT2D eigenvalue weighted by atomic mass is 10.0. The second-order valence-corrected chi connectivity index (χ2v) is 5.79. The van der Waals surface area contributed by atoms with Crippen LogP contribution in [0.1, 0.15) is 19.4 Å². The molecule has 26 heavy (non-hydrogen) atoms. The SMILES string of the molecule is C=C(OC)/C(F)=C\C(=C)C(C)COC(C)/C=C/c1ccc(O)c(F)c1F. The molecular formula is C20H23F3O3. The smallest absolute Gasteiger partial charge is 0.200 e. The fourth-order valence-corrected chi connectivity index (χ4v) is 1.86.